The third kappa shape index (κ3) is 3.38. The molecule has 2 saturated carbocycles. The number of hydrogen-bond donors (Lipinski definition) is 1. The van der Waals surface area contributed by atoms with Crippen molar-refractivity contribution >= 4 is 11.8 Å². The van der Waals surface area contributed by atoms with Gasteiger partial charge in [-0.1, -0.05) is 19.3 Å². The number of alkyl halides is 1. The summed E-state index contributed by atoms with van der Waals surface area (Å²) in [6.45, 7) is 0.758. The number of carbonyl (C=O) groups excluding carboxylic acids is 2. The van der Waals surface area contributed by atoms with Gasteiger partial charge in [0.25, 0.3) is 5.91 Å². The zero-order valence-corrected chi connectivity index (χ0v) is 12.6. The summed E-state index contributed by atoms with van der Waals surface area (Å²) in [5.74, 6) is -0.153. The Morgan fingerprint density at radius 1 is 1.00 bits per heavy atom. The quantitative estimate of drug-likeness (QED) is 0.868. The summed E-state index contributed by atoms with van der Waals surface area (Å²) in [7, 11) is 0. The van der Waals surface area contributed by atoms with E-state index in [1.54, 1.807) is 4.90 Å². The Bertz CT molecular complexity index is 409. The molecular weight excluding hydrogens is 271 g/mol. The van der Waals surface area contributed by atoms with E-state index in [0.29, 0.717) is 13.1 Å². The molecule has 1 heterocycles. The number of hydrogen-bond acceptors (Lipinski definition) is 2. The first kappa shape index (κ1) is 14.8. The van der Waals surface area contributed by atoms with Crippen LogP contribution in [0.3, 0.4) is 0 Å². The van der Waals surface area contributed by atoms with Crippen molar-refractivity contribution in [3.05, 3.63) is 0 Å². The standard InChI is InChI=1S/C16H25FN2O2/c17-16(15(21)18-13-6-7-13)8-10-19(11-9-16)14(20)12-4-2-1-3-5-12/h12-13H,1-11H2,(H,18,21). The second-order valence-electron chi connectivity index (χ2n) is 6.87. The zero-order valence-electron chi connectivity index (χ0n) is 12.6. The predicted molar refractivity (Wildman–Crippen MR) is 77.4 cm³/mol. The van der Waals surface area contributed by atoms with Gasteiger partial charge in [0.05, 0.1) is 0 Å². The molecule has 21 heavy (non-hydrogen) atoms. The molecule has 5 heteroatoms. The second-order valence-corrected chi connectivity index (χ2v) is 6.87. The smallest absolute Gasteiger partial charge is 0.258 e. The molecule has 0 spiro atoms. The maximum atomic E-state index is 14.7. The van der Waals surface area contributed by atoms with E-state index in [4.69, 9.17) is 0 Å². The number of amides is 2. The second kappa shape index (κ2) is 5.93. The van der Waals surface area contributed by atoms with Gasteiger partial charge in [-0.3, -0.25) is 9.59 Å². The monoisotopic (exact) mass is 296 g/mol. The molecule has 1 aliphatic heterocycles. The Morgan fingerprint density at radius 2 is 1.62 bits per heavy atom. The average molecular weight is 296 g/mol. The predicted octanol–water partition coefficient (Wildman–Crippen LogP) is 2.18. The van der Waals surface area contributed by atoms with Crippen molar-refractivity contribution in [2.45, 2.75) is 69.5 Å². The number of rotatable bonds is 3. The van der Waals surface area contributed by atoms with Crippen LogP contribution < -0.4 is 5.32 Å². The van der Waals surface area contributed by atoms with Crippen molar-refractivity contribution in [1.29, 1.82) is 0 Å². The van der Waals surface area contributed by atoms with Gasteiger partial charge >= 0.3 is 0 Å². The van der Waals surface area contributed by atoms with Gasteiger partial charge in [0.1, 0.15) is 0 Å². The van der Waals surface area contributed by atoms with Crippen LogP contribution in [0.25, 0.3) is 0 Å². The average Bonchev–Trinajstić information content (AvgIpc) is 3.32. The first-order chi connectivity index (χ1) is 10.1. The summed E-state index contributed by atoms with van der Waals surface area (Å²) in [4.78, 5) is 26.2. The normalized spacial score (nSPS) is 26.4. The Labute approximate surface area is 125 Å². The SMILES string of the molecule is O=C(C1CCCCC1)N1CCC(F)(C(=O)NC2CC2)CC1. The lowest BCUT2D eigenvalue weighted by Crippen LogP contribution is -2.53. The molecule has 0 aromatic carbocycles. The summed E-state index contributed by atoms with van der Waals surface area (Å²) in [5.41, 5.74) is -1.77. The van der Waals surface area contributed by atoms with Gasteiger partial charge in [-0.25, -0.2) is 4.39 Å². The molecule has 3 rings (SSSR count). The molecule has 2 amide bonds. The fourth-order valence-corrected chi connectivity index (χ4v) is 3.46. The van der Waals surface area contributed by atoms with E-state index in [0.717, 1.165) is 38.5 Å². The molecule has 118 valence electrons. The van der Waals surface area contributed by atoms with E-state index < -0.39 is 11.6 Å². The Kier molecular flexibility index (Phi) is 4.18. The molecule has 0 unspecified atom stereocenters. The maximum absolute atomic E-state index is 14.7. The van der Waals surface area contributed by atoms with Gasteiger partial charge in [0.2, 0.25) is 5.91 Å². The van der Waals surface area contributed by atoms with Gasteiger partial charge in [-0.2, -0.15) is 0 Å². The minimum Gasteiger partial charge on any atom is -0.351 e. The molecule has 3 aliphatic rings. The lowest BCUT2D eigenvalue weighted by Gasteiger charge is -2.37. The van der Waals surface area contributed by atoms with E-state index in [1.165, 1.54) is 6.42 Å². The molecular formula is C16H25FN2O2. The van der Waals surface area contributed by atoms with Crippen molar-refractivity contribution < 1.29 is 14.0 Å². The molecule has 1 saturated heterocycles. The third-order valence-corrected chi connectivity index (χ3v) is 5.14. The Balaban J connectivity index is 1.51. The fourth-order valence-electron chi connectivity index (χ4n) is 3.46. The highest BCUT2D eigenvalue weighted by atomic mass is 19.1. The van der Waals surface area contributed by atoms with E-state index >= 15 is 0 Å². The van der Waals surface area contributed by atoms with E-state index in [-0.39, 0.29) is 30.7 Å². The van der Waals surface area contributed by atoms with Crippen LogP contribution in [-0.2, 0) is 9.59 Å². The first-order valence-corrected chi connectivity index (χ1v) is 8.37. The molecule has 1 N–H and O–H groups in total. The summed E-state index contributed by atoms with van der Waals surface area (Å²) < 4.78 is 14.7. The van der Waals surface area contributed by atoms with Crippen LogP contribution >= 0.6 is 0 Å². The number of nitrogens with zero attached hydrogens (tertiary/aromatic N) is 1. The topological polar surface area (TPSA) is 49.4 Å². The summed E-state index contributed by atoms with van der Waals surface area (Å²) in [5, 5.41) is 2.75. The number of likely N-dealkylation sites (tertiary alicyclic amines) is 1. The lowest BCUT2D eigenvalue weighted by atomic mass is 9.86. The van der Waals surface area contributed by atoms with E-state index in [2.05, 4.69) is 5.32 Å². The van der Waals surface area contributed by atoms with Crippen LogP contribution in [0.15, 0.2) is 0 Å². The number of halogens is 1. The minimum atomic E-state index is -1.77. The van der Waals surface area contributed by atoms with Crippen LogP contribution in [0.5, 0.6) is 0 Å². The van der Waals surface area contributed by atoms with Crippen molar-refractivity contribution in [2.75, 3.05) is 13.1 Å². The number of carbonyl (C=O) groups is 2. The lowest BCUT2D eigenvalue weighted by molar-refractivity contribution is -0.145. The van der Waals surface area contributed by atoms with Gasteiger partial charge in [-0.15, -0.1) is 0 Å². The highest BCUT2D eigenvalue weighted by Gasteiger charge is 2.44. The fraction of sp³-hybridized carbons (Fsp3) is 0.875. The molecule has 0 radical (unpaired) electrons. The molecule has 0 atom stereocenters. The zero-order chi connectivity index (χ0) is 14.9. The van der Waals surface area contributed by atoms with Crippen LogP contribution in [0.4, 0.5) is 4.39 Å². The minimum absolute atomic E-state index is 0.131. The highest BCUT2D eigenvalue weighted by molar-refractivity contribution is 5.86. The van der Waals surface area contributed by atoms with Crippen molar-refractivity contribution in [3.8, 4) is 0 Å². The molecule has 0 aromatic heterocycles. The molecule has 3 fully saturated rings. The Morgan fingerprint density at radius 3 is 2.19 bits per heavy atom. The summed E-state index contributed by atoms with van der Waals surface area (Å²) >= 11 is 0. The van der Waals surface area contributed by atoms with Crippen LogP contribution in [0, 0.1) is 5.92 Å². The number of piperidine rings is 1. The Hall–Kier alpha value is -1.13. The summed E-state index contributed by atoms with van der Waals surface area (Å²) in [6.07, 6.45) is 7.63. The summed E-state index contributed by atoms with van der Waals surface area (Å²) in [6, 6.07) is 0.187. The molecule has 0 aromatic rings. The number of nitrogens with one attached hydrogen (secondary N) is 1. The molecule has 2 aliphatic carbocycles. The molecule has 4 nitrogen and oxygen atoms in total. The molecule has 0 bridgehead atoms. The van der Waals surface area contributed by atoms with Gasteiger partial charge < -0.3 is 10.2 Å². The first-order valence-electron chi connectivity index (χ1n) is 8.37. The van der Waals surface area contributed by atoms with Crippen LogP contribution in [-0.4, -0.2) is 41.5 Å². The van der Waals surface area contributed by atoms with Crippen molar-refractivity contribution in [1.82, 2.24) is 10.2 Å². The van der Waals surface area contributed by atoms with Crippen LogP contribution in [0.1, 0.15) is 57.8 Å². The van der Waals surface area contributed by atoms with E-state index in [9.17, 15) is 14.0 Å². The van der Waals surface area contributed by atoms with Gasteiger partial charge in [0.15, 0.2) is 5.67 Å². The van der Waals surface area contributed by atoms with Gasteiger partial charge in [-0.05, 0) is 25.7 Å². The van der Waals surface area contributed by atoms with Crippen LogP contribution in [0.2, 0.25) is 0 Å². The van der Waals surface area contributed by atoms with Crippen molar-refractivity contribution in [2.24, 2.45) is 5.92 Å². The van der Waals surface area contributed by atoms with Gasteiger partial charge in [0, 0.05) is 37.9 Å². The maximum Gasteiger partial charge on any atom is 0.258 e. The largest absolute Gasteiger partial charge is 0.351 e. The van der Waals surface area contributed by atoms with Crippen molar-refractivity contribution in [3.63, 3.8) is 0 Å². The highest BCUT2D eigenvalue weighted by Crippen LogP contribution is 2.31. The third-order valence-electron chi connectivity index (χ3n) is 5.14. The van der Waals surface area contributed by atoms with E-state index in [1.807, 2.05) is 0 Å².